The number of benzene rings is 2. The summed E-state index contributed by atoms with van der Waals surface area (Å²) in [5.74, 6) is -1.95. The van der Waals surface area contributed by atoms with Crippen LogP contribution in [0.5, 0.6) is 0 Å². The first-order valence-electron chi connectivity index (χ1n) is 15.4. The van der Waals surface area contributed by atoms with Crippen molar-refractivity contribution in [1.29, 1.82) is 0 Å². The van der Waals surface area contributed by atoms with E-state index in [1.165, 1.54) is 9.80 Å². The van der Waals surface area contributed by atoms with Crippen LogP contribution in [-0.2, 0) is 32.6 Å². The number of nitrogens with zero attached hydrogens (tertiary/aromatic N) is 4. The van der Waals surface area contributed by atoms with E-state index in [0.29, 0.717) is 16.8 Å². The van der Waals surface area contributed by atoms with Gasteiger partial charge in [0.1, 0.15) is 32.3 Å². The Bertz CT molecular complexity index is 1670. The van der Waals surface area contributed by atoms with Crippen molar-refractivity contribution >= 4 is 35.1 Å². The van der Waals surface area contributed by atoms with E-state index in [1.54, 1.807) is 30.7 Å². The number of aliphatic imine (C=N–C) groups is 1. The van der Waals surface area contributed by atoms with Crippen LogP contribution in [0.1, 0.15) is 49.2 Å². The van der Waals surface area contributed by atoms with E-state index < -0.39 is 35.2 Å². The number of Topliss-reactive ketones (excluding diaryl/α,β-unsaturated/α-hetero) is 1. The van der Waals surface area contributed by atoms with Crippen LogP contribution < -0.4 is 9.88 Å². The van der Waals surface area contributed by atoms with Gasteiger partial charge in [-0.15, -0.1) is 0 Å². The van der Waals surface area contributed by atoms with Crippen molar-refractivity contribution in [3.8, 4) is 0 Å². The fraction of sp³-hybridized carbons (Fsp3) is 0.333. The van der Waals surface area contributed by atoms with Gasteiger partial charge in [0.05, 0.1) is 16.8 Å². The van der Waals surface area contributed by atoms with Gasteiger partial charge in [-0.2, -0.15) is 0 Å². The number of aromatic nitrogens is 1. The molecule has 0 aliphatic carbocycles. The number of aryl methyl sites for hydroxylation is 1. The molecule has 10 nitrogen and oxygen atoms in total. The van der Waals surface area contributed by atoms with E-state index in [-0.39, 0.29) is 37.3 Å². The van der Waals surface area contributed by atoms with Crippen molar-refractivity contribution in [1.82, 2.24) is 15.1 Å². The Balaban J connectivity index is 1.47. The van der Waals surface area contributed by atoms with Gasteiger partial charge in [0, 0.05) is 24.8 Å². The van der Waals surface area contributed by atoms with Gasteiger partial charge in [-0.1, -0.05) is 74.5 Å². The Morgan fingerprint density at radius 1 is 1.00 bits per heavy atom. The SMILES string of the molecule is CC(C)[C@@H]1C(=O)N(CC(=O)N[C@@H](Cc2ccccc2)C(=O)C2=NC(C)(C)CO2)C(c2ccccc2)=CN1C(=O)c1cc[n+](C)cc1. The molecule has 3 aromatic rings. The van der Waals surface area contributed by atoms with Crippen molar-refractivity contribution in [3.05, 3.63) is 108 Å². The lowest BCUT2D eigenvalue weighted by molar-refractivity contribution is -0.671. The molecule has 2 aliphatic heterocycles. The molecule has 0 fully saturated rings. The predicted octanol–water partition coefficient (Wildman–Crippen LogP) is 3.32. The second-order valence-corrected chi connectivity index (χ2v) is 12.7. The molecule has 0 saturated carbocycles. The average molecular weight is 623 g/mol. The van der Waals surface area contributed by atoms with Gasteiger partial charge < -0.3 is 15.0 Å². The van der Waals surface area contributed by atoms with Crippen molar-refractivity contribution in [2.45, 2.75) is 51.7 Å². The standard InChI is InChI=1S/C36H39N5O5/c1-24(2)31-35(45)40(29(26-14-10-7-11-15-26)21-41(31)34(44)27-16-18-39(5)19-17-27)22-30(42)37-28(20-25-12-8-6-9-13-25)32(43)33-38-36(3,4)23-46-33/h6-19,21,24,28,31H,20,22-23H2,1-5H3/p+1/t28-,31+/m0/s1. The molecule has 3 heterocycles. The van der Waals surface area contributed by atoms with Gasteiger partial charge in [0.15, 0.2) is 12.4 Å². The highest BCUT2D eigenvalue weighted by atomic mass is 16.5. The molecule has 2 aromatic carbocycles. The number of amides is 3. The molecule has 1 N–H and O–H groups in total. The van der Waals surface area contributed by atoms with Gasteiger partial charge in [0.2, 0.25) is 11.7 Å². The quantitative estimate of drug-likeness (QED) is 0.349. The van der Waals surface area contributed by atoms with Crippen molar-refractivity contribution in [3.63, 3.8) is 0 Å². The molecule has 0 spiro atoms. The molecule has 46 heavy (non-hydrogen) atoms. The third-order valence-corrected chi connectivity index (χ3v) is 7.95. The highest BCUT2D eigenvalue weighted by Gasteiger charge is 2.42. The van der Waals surface area contributed by atoms with E-state index in [9.17, 15) is 19.2 Å². The predicted molar refractivity (Wildman–Crippen MR) is 173 cm³/mol. The third-order valence-electron chi connectivity index (χ3n) is 7.95. The number of rotatable bonds is 10. The average Bonchev–Trinajstić information content (AvgIpc) is 3.41. The van der Waals surface area contributed by atoms with Crippen LogP contribution in [0.25, 0.3) is 5.70 Å². The van der Waals surface area contributed by atoms with Crippen LogP contribution in [0.4, 0.5) is 0 Å². The number of ketones is 1. The number of carbonyl (C=O) groups excluding carboxylic acids is 4. The molecule has 2 atom stereocenters. The lowest BCUT2D eigenvalue weighted by Gasteiger charge is -2.41. The Kier molecular flexibility index (Phi) is 9.46. The molecule has 3 amide bonds. The van der Waals surface area contributed by atoms with Gasteiger partial charge >= 0.3 is 0 Å². The van der Waals surface area contributed by atoms with E-state index in [2.05, 4.69) is 10.3 Å². The number of ether oxygens (including phenoxy) is 1. The molecular weight excluding hydrogens is 582 g/mol. The fourth-order valence-electron chi connectivity index (χ4n) is 5.57. The van der Waals surface area contributed by atoms with Crippen LogP contribution in [-0.4, -0.2) is 70.0 Å². The number of nitrogens with one attached hydrogen (secondary N) is 1. The first-order chi connectivity index (χ1) is 21.9. The van der Waals surface area contributed by atoms with E-state index in [1.807, 2.05) is 100.0 Å². The molecule has 1 aromatic heterocycles. The summed E-state index contributed by atoms with van der Waals surface area (Å²) in [4.78, 5) is 62.8. The molecule has 2 aliphatic rings. The number of hydrogen-bond donors (Lipinski definition) is 1. The van der Waals surface area contributed by atoms with Crippen LogP contribution in [0.15, 0.2) is 96.4 Å². The topological polar surface area (TPSA) is 112 Å². The van der Waals surface area contributed by atoms with Crippen molar-refractivity contribution in [2.75, 3.05) is 13.2 Å². The molecule has 5 rings (SSSR count). The maximum atomic E-state index is 14.3. The fourth-order valence-corrected chi connectivity index (χ4v) is 5.57. The Morgan fingerprint density at radius 3 is 2.22 bits per heavy atom. The summed E-state index contributed by atoms with van der Waals surface area (Å²) >= 11 is 0. The summed E-state index contributed by atoms with van der Waals surface area (Å²) in [6, 6.07) is 20.1. The van der Waals surface area contributed by atoms with E-state index in [4.69, 9.17) is 4.74 Å². The minimum Gasteiger partial charge on any atom is -0.473 e. The monoisotopic (exact) mass is 622 g/mol. The van der Waals surface area contributed by atoms with Crippen molar-refractivity contribution in [2.24, 2.45) is 18.0 Å². The molecule has 0 radical (unpaired) electrons. The summed E-state index contributed by atoms with van der Waals surface area (Å²) < 4.78 is 7.45. The second-order valence-electron chi connectivity index (χ2n) is 12.7. The molecule has 10 heteroatoms. The second kappa shape index (κ2) is 13.5. The van der Waals surface area contributed by atoms with Gasteiger partial charge in [-0.05, 0) is 30.9 Å². The number of carbonyl (C=O) groups is 4. The Labute approximate surface area is 269 Å². The molecule has 0 unspecified atom stereocenters. The highest BCUT2D eigenvalue weighted by molar-refractivity contribution is 6.39. The first-order valence-corrected chi connectivity index (χ1v) is 15.4. The summed E-state index contributed by atoms with van der Waals surface area (Å²) in [6.45, 7) is 7.38. The zero-order valence-corrected chi connectivity index (χ0v) is 26.8. The minimum absolute atomic E-state index is 0.0197. The Morgan fingerprint density at radius 2 is 1.63 bits per heavy atom. The summed E-state index contributed by atoms with van der Waals surface area (Å²) in [7, 11) is 1.86. The summed E-state index contributed by atoms with van der Waals surface area (Å²) in [6.07, 6.45) is 5.42. The summed E-state index contributed by atoms with van der Waals surface area (Å²) in [5.41, 5.74) is 1.81. The zero-order chi connectivity index (χ0) is 33.0. The third kappa shape index (κ3) is 7.22. The smallest absolute Gasteiger partial charge is 0.259 e. The number of hydrogen-bond acceptors (Lipinski definition) is 6. The Hall–Kier alpha value is -5.12. The van der Waals surface area contributed by atoms with Crippen LogP contribution >= 0.6 is 0 Å². The van der Waals surface area contributed by atoms with E-state index >= 15 is 0 Å². The maximum absolute atomic E-state index is 14.3. The number of pyridine rings is 1. The largest absolute Gasteiger partial charge is 0.473 e. The molecular formula is C36H40N5O5+. The molecule has 238 valence electrons. The maximum Gasteiger partial charge on any atom is 0.259 e. The zero-order valence-electron chi connectivity index (χ0n) is 26.8. The summed E-state index contributed by atoms with van der Waals surface area (Å²) in [5, 5.41) is 2.87. The molecule has 0 saturated heterocycles. The van der Waals surface area contributed by atoms with Gasteiger partial charge in [-0.25, -0.2) is 9.56 Å². The van der Waals surface area contributed by atoms with Crippen LogP contribution in [0.3, 0.4) is 0 Å². The highest BCUT2D eigenvalue weighted by Crippen LogP contribution is 2.31. The van der Waals surface area contributed by atoms with E-state index in [0.717, 1.165) is 5.56 Å². The lowest BCUT2D eigenvalue weighted by atomic mass is 9.96. The van der Waals surface area contributed by atoms with Gasteiger partial charge in [-0.3, -0.25) is 24.1 Å². The molecule has 0 bridgehead atoms. The first kappa shape index (κ1) is 32.3. The lowest BCUT2D eigenvalue weighted by Crippen LogP contribution is -2.57. The van der Waals surface area contributed by atoms with Crippen molar-refractivity contribution < 1.29 is 28.5 Å². The van der Waals surface area contributed by atoms with Crippen LogP contribution in [0.2, 0.25) is 0 Å². The van der Waals surface area contributed by atoms with Crippen LogP contribution in [0, 0.1) is 5.92 Å². The minimum atomic E-state index is -0.968. The van der Waals surface area contributed by atoms with Gasteiger partial charge in [0.25, 0.3) is 17.7 Å². The normalized spacial score (nSPS) is 18.0.